The highest BCUT2D eigenvalue weighted by atomic mass is 16.2. The summed E-state index contributed by atoms with van der Waals surface area (Å²) in [5, 5.41) is 4.34. The molecule has 0 radical (unpaired) electrons. The third kappa shape index (κ3) is 4.17. The summed E-state index contributed by atoms with van der Waals surface area (Å²) < 4.78 is 3.43. The number of amides is 1. The Kier molecular flexibility index (Phi) is 5.51. The average molecular weight is 443 g/mol. The smallest absolute Gasteiger partial charge is 0.274 e. The summed E-state index contributed by atoms with van der Waals surface area (Å²) in [4.78, 5) is 34.2. The van der Waals surface area contributed by atoms with E-state index in [1.165, 1.54) is 28.1 Å². The number of carbonyl (C=O) groups is 1. The number of aryl methyl sites for hydroxylation is 2. The topological polar surface area (TPSA) is 75.7 Å². The van der Waals surface area contributed by atoms with Gasteiger partial charge in [0.1, 0.15) is 11.3 Å². The van der Waals surface area contributed by atoms with Crippen molar-refractivity contribution in [2.45, 2.75) is 20.4 Å². The normalized spacial score (nSPS) is 14.7. The Morgan fingerprint density at radius 1 is 0.970 bits per heavy atom. The molecule has 0 N–H and O–H groups in total. The van der Waals surface area contributed by atoms with E-state index in [1.54, 1.807) is 12.1 Å². The van der Waals surface area contributed by atoms with Crippen molar-refractivity contribution >= 4 is 11.6 Å². The van der Waals surface area contributed by atoms with Crippen molar-refractivity contribution in [1.29, 1.82) is 0 Å². The molecule has 3 aromatic heterocycles. The second kappa shape index (κ2) is 8.63. The first-order chi connectivity index (χ1) is 16.0. The minimum atomic E-state index is -0.263. The zero-order valence-electron chi connectivity index (χ0n) is 18.8. The Morgan fingerprint density at radius 3 is 2.48 bits per heavy atom. The van der Waals surface area contributed by atoms with E-state index in [9.17, 15) is 9.59 Å². The monoisotopic (exact) mass is 442 g/mol. The summed E-state index contributed by atoms with van der Waals surface area (Å²) in [6, 6.07) is 16.2. The summed E-state index contributed by atoms with van der Waals surface area (Å²) in [6.45, 7) is 7.66. The van der Waals surface area contributed by atoms with Crippen LogP contribution in [0.25, 0.3) is 11.3 Å². The number of piperazine rings is 1. The number of benzene rings is 1. The highest BCUT2D eigenvalue weighted by Crippen LogP contribution is 2.17. The fourth-order valence-corrected chi connectivity index (χ4v) is 4.27. The van der Waals surface area contributed by atoms with Crippen molar-refractivity contribution in [3.8, 4) is 5.69 Å². The summed E-state index contributed by atoms with van der Waals surface area (Å²) in [6.07, 6.45) is 2.08. The Hall–Kier alpha value is -3.78. The fraction of sp³-hybridized carbons (Fsp3) is 0.280. The number of fused-ring (bicyclic) bond motifs is 1. The van der Waals surface area contributed by atoms with E-state index in [-0.39, 0.29) is 17.2 Å². The van der Waals surface area contributed by atoms with Gasteiger partial charge < -0.3 is 9.30 Å². The molecule has 0 aliphatic carbocycles. The molecule has 33 heavy (non-hydrogen) atoms. The summed E-state index contributed by atoms with van der Waals surface area (Å²) in [7, 11) is 0. The molecule has 0 unspecified atom stereocenters. The molecule has 0 spiro atoms. The number of hydrogen-bond donors (Lipinski definition) is 0. The maximum Gasteiger partial charge on any atom is 0.274 e. The summed E-state index contributed by atoms with van der Waals surface area (Å²) in [5.41, 5.74) is 5.03. The molecular formula is C25H26N6O2. The zero-order chi connectivity index (χ0) is 22.9. The van der Waals surface area contributed by atoms with Gasteiger partial charge in [0.25, 0.3) is 11.5 Å². The van der Waals surface area contributed by atoms with Gasteiger partial charge in [-0.3, -0.25) is 14.5 Å². The van der Waals surface area contributed by atoms with E-state index < -0.39 is 0 Å². The van der Waals surface area contributed by atoms with Gasteiger partial charge >= 0.3 is 0 Å². The van der Waals surface area contributed by atoms with Crippen LogP contribution in [-0.4, -0.2) is 61.1 Å². The molecule has 4 heterocycles. The molecule has 1 saturated heterocycles. The molecule has 1 aliphatic rings. The molecule has 168 valence electrons. The number of aromatic nitrogens is 4. The van der Waals surface area contributed by atoms with Gasteiger partial charge in [-0.25, -0.2) is 4.98 Å². The van der Waals surface area contributed by atoms with Crippen LogP contribution in [0.2, 0.25) is 0 Å². The molecule has 4 aromatic rings. The number of nitrogens with zero attached hydrogens (tertiary/aromatic N) is 6. The van der Waals surface area contributed by atoms with Crippen LogP contribution in [0.3, 0.4) is 0 Å². The van der Waals surface area contributed by atoms with E-state index in [0.717, 1.165) is 31.0 Å². The quantitative estimate of drug-likeness (QED) is 0.485. The van der Waals surface area contributed by atoms with E-state index >= 15 is 0 Å². The van der Waals surface area contributed by atoms with Crippen LogP contribution in [0.15, 0.2) is 65.6 Å². The fourth-order valence-electron chi connectivity index (χ4n) is 4.27. The molecule has 0 saturated carbocycles. The van der Waals surface area contributed by atoms with Gasteiger partial charge in [-0.1, -0.05) is 18.2 Å². The van der Waals surface area contributed by atoms with Crippen molar-refractivity contribution in [1.82, 2.24) is 29.0 Å². The lowest BCUT2D eigenvalue weighted by molar-refractivity contribution is 0.0618. The maximum atomic E-state index is 13.1. The van der Waals surface area contributed by atoms with Crippen molar-refractivity contribution in [3.63, 3.8) is 0 Å². The SMILES string of the molecule is Cc1ccn2c(CN3CCN(C(=O)c4ccc(=O)n(-c5ccccc5)n4)CC3)c(C)nc2c1. The predicted molar refractivity (Wildman–Crippen MR) is 126 cm³/mol. The van der Waals surface area contributed by atoms with Crippen LogP contribution in [0.4, 0.5) is 0 Å². The van der Waals surface area contributed by atoms with Crippen LogP contribution in [-0.2, 0) is 6.54 Å². The third-order valence-corrected chi connectivity index (χ3v) is 6.13. The Labute approximate surface area is 191 Å². The second-order valence-electron chi connectivity index (χ2n) is 8.45. The highest BCUT2D eigenvalue weighted by molar-refractivity contribution is 5.92. The van der Waals surface area contributed by atoms with Crippen molar-refractivity contribution < 1.29 is 4.79 Å². The minimum absolute atomic E-state index is 0.152. The number of para-hydroxylation sites is 1. The van der Waals surface area contributed by atoms with Gasteiger partial charge in [0.05, 0.1) is 17.1 Å². The summed E-state index contributed by atoms with van der Waals surface area (Å²) in [5.74, 6) is -0.152. The van der Waals surface area contributed by atoms with Gasteiger partial charge in [0.2, 0.25) is 0 Å². The Morgan fingerprint density at radius 2 is 1.73 bits per heavy atom. The van der Waals surface area contributed by atoms with Crippen LogP contribution in [0.1, 0.15) is 27.4 Å². The number of pyridine rings is 1. The van der Waals surface area contributed by atoms with Gasteiger partial charge in [0, 0.05) is 45.0 Å². The van der Waals surface area contributed by atoms with E-state index in [4.69, 9.17) is 4.98 Å². The van der Waals surface area contributed by atoms with Crippen molar-refractivity contribution in [2.24, 2.45) is 0 Å². The van der Waals surface area contributed by atoms with E-state index in [0.29, 0.717) is 18.8 Å². The molecule has 1 fully saturated rings. The first kappa shape index (κ1) is 21.1. The summed E-state index contributed by atoms with van der Waals surface area (Å²) >= 11 is 0. The maximum absolute atomic E-state index is 13.1. The number of hydrogen-bond acceptors (Lipinski definition) is 5. The highest BCUT2D eigenvalue weighted by Gasteiger charge is 2.25. The third-order valence-electron chi connectivity index (χ3n) is 6.13. The first-order valence-corrected chi connectivity index (χ1v) is 11.1. The Balaban J connectivity index is 1.28. The molecule has 1 aliphatic heterocycles. The number of rotatable bonds is 4. The minimum Gasteiger partial charge on any atom is -0.335 e. The van der Waals surface area contributed by atoms with Crippen LogP contribution in [0, 0.1) is 13.8 Å². The molecule has 1 amide bonds. The van der Waals surface area contributed by atoms with Crippen LogP contribution in [0.5, 0.6) is 0 Å². The lowest BCUT2D eigenvalue weighted by Crippen LogP contribution is -2.48. The molecule has 0 atom stereocenters. The number of carbonyl (C=O) groups excluding carboxylic acids is 1. The molecule has 5 rings (SSSR count). The Bertz CT molecular complexity index is 1370. The molecule has 8 heteroatoms. The molecular weight excluding hydrogens is 416 g/mol. The van der Waals surface area contributed by atoms with Gasteiger partial charge in [-0.15, -0.1) is 0 Å². The van der Waals surface area contributed by atoms with E-state index in [1.807, 2.05) is 30.0 Å². The predicted octanol–water partition coefficient (Wildman–Crippen LogP) is 2.46. The molecule has 1 aromatic carbocycles. The standard InChI is InChI=1S/C25H26N6O2/c1-18-10-11-30-22(19(2)26-23(30)16-18)17-28-12-14-29(15-13-28)25(33)21-8-9-24(32)31(27-21)20-6-4-3-5-7-20/h3-11,16H,12-15,17H2,1-2H3. The van der Waals surface area contributed by atoms with Gasteiger partial charge in [0.15, 0.2) is 0 Å². The van der Waals surface area contributed by atoms with Crippen LogP contribution >= 0.6 is 0 Å². The number of imidazole rings is 1. The van der Waals surface area contributed by atoms with Crippen molar-refractivity contribution in [2.75, 3.05) is 26.2 Å². The average Bonchev–Trinajstić information content (AvgIpc) is 3.14. The lowest BCUT2D eigenvalue weighted by Gasteiger charge is -2.34. The largest absolute Gasteiger partial charge is 0.335 e. The second-order valence-corrected chi connectivity index (χ2v) is 8.45. The molecule has 8 nitrogen and oxygen atoms in total. The van der Waals surface area contributed by atoms with E-state index in [2.05, 4.69) is 39.7 Å². The zero-order valence-corrected chi connectivity index (χ0v) is 18.8. The van der Waals surface area contributed by atoms with Crippen LogP contribution < -0.4 is 5.56 Å². The first-order valence-electron chi connectivity index (χ1n) is 11.1. The van der Waals surface area contributed by atoms with Crippen molar-refractivity contribution in [3.05, 3.63) is 93.8 Å². The van der Waals surface area contributed by atoms with Gasteiger partial charge in [-0.2, -0.15) is 9.78 Å². The lowest BCUT2D eigenvalue weighted by atomic mass is 10.2. The molecule has 0 bridgehead atoms. The van der Waals surface area contributed by atoms with Gasteiger partial charge in [-0.05, 0) is 49.7 Å².